The fraction of sp³-hybridized carbons (Fsp3) is 0.0909. The Morgan fingerprint density at radius 1 is 1.41 bits per heavy atom. The highest BCUT2D eigenvalue weighted by Gasteiger charge is 2.15. The molecule has 17 heavy (non-hydrogen) atoms. The largest absolute Gasteiger partial charge is 0.369 e. The van der Waals surface area contributed by atoms with Crippen molar-refractivity contribution < 1.29 is 0 Å². The van der Waals surface area contributed by atoms with Crippen molar-refractivity contribution in [2.75, 3.05) is 5.73 Å². The predicted molar refractivity (Wildman–Crippen MR) is 69.2 cm³/mol. The molecule has 3 aromatic rings. The molecular weight excluding hydrogens is 236 g/mol. The van der Waals surface area contributed by atoms with Crippen molar-refractivity contribution in [3.63, 3.8) is 0 Å². The minimum absolute atomic E-state index is 0.126. The van der Waals surface area contributed by atoms with Crippen molar-refractivity contribution in [2.24, 2.45) is 0 Å². The molecule has 0 amide bonds. The minimum atomic E-state index is -0.208. The molecule has 86 valence electrons. The monoisotopic (exact) mass is 246 g/mol. The van der Waals surface area contributed by atoms with E-state index in [0.717, 1.165) is 16.1 Å². The number of thiophene rings is 1. The summed E-state index contributed by atoms with van der Waals surface area (Å²) in [7, 11) is 0. The highest BCUT2D eigenvalue weighted by Crippen LogP contribution is 2.32. The number of aromatic nitrogens is 3. The first-order valence-corrected chi connectivity index (χ1v) is 5.96. The van der Waals surface area contributed by atoms with Crippen molar-refractivity contribution in [3.8, 4) is 10.4 Å². The van der Waals surface area contributed by atoms with Gasteiger partial charge in [0.25, 0.3) is 5.56 Å². The minimum Gasteiger partial charge on any atom is -0.369 e. The van der Waals surface area contributed by atoms with E-state index in [1.165, 1.54) is 0 Å². The number of nitrogens with two attached hydrogens (primary N) is 1. The third-order valence-electron chi connectivity index (χ3n) is 2.64. The molecule has 0 aliphatic rings. The molecule has 4 N–H and O–H groups in total. The second kappa shape index (κ2) is 3.46. The Morgan fingerprint density at radius 2 is 2.24 bits per heavy atom. The summed E-state index contributed by atoms with van der Waals surface area (Å²) in [6.07, 6.45) is 0. The zero-order valence-corrected chi connectivity index (χ0v) is 9.89. The zero-order chi connectivity index (χ0) is 12.0. The van der Waals surface area contributed by atoms with E-state index in [-0.39, 0.29) is 11.5 Å². The normalized spacial score (nSPS) is 11.1. The number of aromatic amines is 2. The Kier molecular flexibility index (Phi) is 2.05. The predicted octanol–water partition coefficient (Wildman–Crippen LogP) is 1.87. The molecule has 0 saturated carbocycles. The first-order valence-electron chi connectivity index (χ1n) is 5.09. The Bertz CT molecular complexity index is 739. The molecule has 0 saturated heterocycles. The van der Waals surface area contributed by atoms with Crippen LogP contribution in [0.3, 0.4) is 0 Å². The molecule has 3 rings (SSSR count). The lowest BCUT2D eigenvalue weighted by Gasteiger charge is -1.96. The van der Waals surface area contributed by atoms with E-state index >= 15 is 0 Å². The lowest BCUT2D eigenvalue weighted by Crippen LogP contribution is -2.10. The van der Waals surface area contributed by atoms with Crippen LogP contribution in [0.25, 0.3) is 21.5 Å². The third kappa shape index (κ3) is 1.45. The van der Waals surface area contributed by atoms with Gasteiger partial charge in [-0.2, -0.15) is 4.98 Å². The summed E-state index contributed by atoms with van der Waals surface area (Å²) < 4.78 is 0. The molecule has 3 aromatic heterocycles. The second-order valence-corrected chi connectivity index (χ2v) is 4.72. The van der Waals surface area contributed by atoms with Gasteiger partial charge in [0.1, 0.15) is 5.65 Å². The summed E-state index contributed by atoms with van der Waals surface area (Å²) in [6.45, 7) is 1.92. The van der Waals surface area contributed by atoms with Gasteiger partial charge in [-0.25, -0.2) is 0 Å². The fourth-order valence-corrected chi connectivity index (χ4v) is 2.80. The van der Waals surface area contributed by atoms with Crippen molar-refractivity contribution >= 4 is 28.3 Å². The van der Waals surface area contributed by atoms with Crippen molar-refractivity contribution in [2.45, 2.75) is 6.92 Å². The molecule has 0 spiro atoms. The quantitative estimate of drug-likeness (QED) is 0.612. The van der Waals surface area contributed by atoms with Crippen LogP contribution in [0, 0.1) is 6.92 Å². The average molecular weight is 246 g/mol. The number of H-pyrrole nitrogens is 2. The van der Waals surface area contributed by atoms with Crippen LogP contribution in [0.4, 0.5) is 5.95 Å². The summed E-state index contributed by atoms with van der Waals surface area (Å²) in [5.41, 5.74) is 7.67. The summed E-state index contributed by atoms with van der Waals surface area (Å²) in [5.74, 6) is 0.126. The van der Waals surface area contributed by atoms with E-state index in [2.05, 4.69) is 15.0 Å². The number of nitrogens with one attached hydrogen (secondary N) is 2. The van der Waals surface area contributed by atoms with Gasteiger partial charge < -0.3 is 10.7 Å². The summed E-state index contributed by atoms with van der Waals surface area (Å²) >= 11 is 1.59. The molecular formula is C11H10N4OS. The molecule has 0 unspecified atom stereocenters. The SMILES string of the molecule is Cc1[nH]c2nc(N)[nH]c(=O)c2c1-c1cccs1. The number of hydrogen-bond donors (Lipinski definition) is 3. The van der Waals surface area contributed by atoms with E-state index in [4.69, 9.17) is 5.73 Å². The first kappa shape index (κ1) is 10.1. The molecule has 0 bridgehead atoms. The van der Waals surface area contributed by atoms with Gasteiger partial charge in [-0.3, -0.25) is 9.78 Å². The highest BCUT2D eigenvalue weighted by atomic mass is 32.1. The Labute approximate surface area is 100 Å². The molecule has 0 aromatic carbocycles. The van der Waals surface area contributed by atoms with Gasteiger partial charge in [0, 0.05) is 16.1 Å². The average Bonchev–Trinajstić information content (AvgIpc) is 2.83. The van der Waals surface area contributed by atoms with E-state index in [1.807, 2.05) is 24.4 Å². The fourth-order valence-electron chi connectivity index (χ4n) is 1.97. The number of nitrogen functional groups attached to an aromatic ring is 1. The van der Waals surface area contributed by atoms with Crippen LogP contribution in [0.2, 0.25) is 0 Å². The van der Waals surface area contributed by atoms with Gasteiger partial charge in [-0.05, 0) is 18.4 Å². The molecule has 0 aliphatic heterocycles. The summed E-state index contributed by atoms with van der Waals surface area (Å²) in [6, 6.07) is 3.94. The number of anilines is 1. The molecule has 3 heterocycles. The van der Waals surface area contributed by atoms with Crippen molar-refractivity contribution in [1.82, 2.24) is 15.0 Å². The van der Waals surface area contributed by atoms with Crippen molar-refractivity contribution in [3.05, 3.63) is 33.6 Å². The van der Waals surface area contributed by atoms with Gasteiger partial charge in [0.2, 0.25) is 5.95 Å². The van der Waals surface area contributed by atoms with Crippen LogP contribution in [0.15, 0.2) is 22.3 Å². The van der Waals surface area contributed by atoms with Gasteiger partial charge >= 0.3 is 0 Å². The topological polar surface area (TPSA) is 87.6 Å². The van der Waals surface area contributed by atoms with E-state index < -0.39 is 0 Å². The zero-order valence-electron chi connectivity index (χ0n) is 9.07. The molecule has 6 heteroatoms. The van der Waals surface area contributed by atoms with E-state index in [9.17, 15) is 4.79 Å². The van der Waals surface area contributed by atoms with Gasteiger partial charge in [-0.1, -0.05) is 6.07 Å². The Balaban J connectivity index is 2.47. The maximum Gasteiger partial charge on any atom is 0.262 e. The number of hydrogen-bond acceptors (Lipinski definition) is 4. The van der Waals surface area contributed by atoms with Crippen LogP contribution >= 0.6 is 11.3 Å². The highest BCUT2D eigenvalue weighted by molar-refractivity contribution is 7.13. The second-order valence-electron chi connectivity index (χ2n) is 3.78. The lowest BCUT2D eigenvalue weighted by molar-refractivity contribution is 1.17. The maximum atomic E-state index is 11.9. The molecule has 0 fully saturated rings. The smallest absolute Gasteiger partial charge is 0.262 e. The number of nitrogens with zero attached hydrogens (tertiary/aromatic N) is 1. The van der Waals surface area contributed by atoms with Crippen molar-refractivity contribution in [1.29, 1.82) is 0 Å². The lowest BCUT2D eigenvalue weighted by atomic mass is 10.1. The van der Waals surface area contributed by atoms with E-state index in [1.54, 1.807) is 11.3 Å². The first-order chi connectivity index (χ1) is 8.16. The molecule has 0 aliphatic carbocycles. The summed E-state index contributed by atoms with van der Waals surface area (Å²) in [5, 5.41) is 2.55. The Morgan fingerprint density at radius 3 is 2.94 bits per heavy atom. The van der Waals surface area contributed by atoms with Gasteiger partial charge in [-0.15, -0.1) is 11.3 Å². The van der Waals surface area contributed by atoms with Gasteiger partial charge in [0.05, 0.1) is 5.39 Å². The third-order valence-corrected chi connectivity index (χ3v) is 3.52. The van der Waals surface area contributed by atoms with Crippen LogP contribution in [-0.4, -0.2) is 15.0 Å². The maximum absolute atomic E-state index is 11.9. The van der Waals surface area contributed by atoms with Crippen LogP contribution in [-0.2, 0) is 0 Å². The standard InChI is InChI=1S/C11H10N4OS/c1-5-7(6-3-2-4-17-6)8-9(13-5)14-11(12)15-10(8)16/h2-4H,1H3,(H4,12,13,14,15,16). The number of fused-ring (bicyclic) bond motifs is 1. The van der Waals surface area contributed by atoms with Crippen LogP contribution in [0.5, 0.6) is 0 Å². The molecule has 0 radical (unpaired) electrons. The van der Waals surface area contributed by atoms with Crippen LogP contribution in [0.1, 0.15) is 5.69 Å². The summed E-state index contributed by atoms with van der Waals surface area (Å²) in [4.78, 5) is 22.7. The van der Waals surface area contributed by atoms with Crippen LogP contribution < -0.4 is 11.3 Å². The number of rotatable bonds is 1. The van der Waals surface area contributed by atoms with Gasteiger partial charge in [0.15, 0.2) is 0 Å². The molecule has 0 atom stereocenters. The van der Waals surface area contributed by atoms with E-state index in [0.29, 0.717) is 11.0 Å². The number of aryl methyl sites for hydroxylation is 1. The molecule has 5 nitrogen and oxygen atoms in total. The Hall–Kier alpha value is -2.08.